The van der Waals surface area contributed by atoms with E-state index in [1.807, 2.05) is 31.2 Å². The summed E-state index contributed by atoms with van der Waals surface area (Å²) in [4.78, 5) is 4.87. The van der Waals surface area contributed by atoms with Crippen LogP contribution in [0.15, 0.2) is 53.5 Å². The largest absolute Gasteiger partial charge is 0.489 e. The van der Waals surface area contributed by atoms with Gasteiger partial charge in [0.15, 0.2) is 0 Å². The van der Waals surface area contributed by atoms with Crippen LogP contribution in [0, 0.1) is 6.92 Å². The monoisotopic (exact) mass is 370 g/mol. The number of nitrogens with zero attached hydrogens (tertiary/aromatic N) is 2. The summed E-state index contributed by atoms with van der Waals surface area (Å²) in [5.41, 5.74) is 1.19. The molecule has 0 spiro atoms. The van der Waals surface area contributed by atoms with Gasteiger partial charge in [-0.2, -0.15) is 0 Å². The summed E-state index contributed by atoms with van der Waals surface area (Å²) >= 11 is 0. The fraction of sp³-hybridized carbons (Fsp3) is 0.455. The van der Waals surface area contributed by atoms with Crippen molar-refractivity contribution in [2.45, 2.75) is 32.5 Å². The van der Waals surface area contributed by atoms with Crippen molar-refractivity contribution in [1.82, 2.24) is 9.80 Å². The molecule has 1 fully saturated rings. The number of rotatable bonds is 9. The molecular weight excluding hydrogens is 340 g/mol. The molecule has 2 heterocycles. The first kappa shape index (κ1) is 19.7. The van der Waals surface area contributed by atoms with Gasteiger partial charge in [-0.25, -0.2) is 0 Å². The van der Waals surface area contributed by atoms with Gasteiger partial charge in [0.25, 0.3) is 0 Å². The lowest BCUT2D eigenvalue weighted by molar-refractivity contribution is 0.0450. The quantitative estimate of drug-likeness (QED) is 0.687. The lowest BCUT2D eigenvalue weighted by Crippen LogP contribution is -2.52. The zero-order valence-electron chi connectivity index (χ0n) is 16.1. The molecule has 0 bridgehead atoms. The second kappa shape index (κ2) is 9.74. The Balaban J connectivity index is 1.63. The summed E-state index contributed by atoms with van der Waals surface area (Å²) in [5, 5.41) is 9.53. The SMILES string of the molecule is C=CCOc1ccccc1CN1CCN(Cc2ccc(C)o2)[C@H](CCO)C1. The molecule has 1 aromatic heterocycles. The Hall–Kier alpha value is -2.08. The van der Waals surface area contributed by atoms with Gasteiger partial charge in [-0.3, -0.25) is 9.80 Å². The van der Waals surface area contributed by atoms with Gasteiger partial charge in [-0.1, -0.05) is 30.9 Å². The van der Waals surface area contributed by atoms with Gasteiger partial charge in [0.2, 0.25) is 0 Å². The summed E-state index contributed by atoms with van der Waals surface area (Å²) < 4.78 is 11.5. The smallest absolute Gasteiger partial charge is 0.124 e. The standard InChI is InChI=1S/C22H30N2O3/c1-3-14-26-22-7-5-4-6-19(22)15-23-11-12-24(20(16-23)10-13-25)17-21-9-8-18(2)27-21/h3-9,20,25H,1,10-17H2,2H3/t20-/m1/s1. The highest BCUT2D eigenvalue weighted by Crippen LogP contribution is 2.23. The van der Waals surface area contributed by atoms with Crippen molar-refractivity contribution in [3.63, 3.8) is 0 Å². The first-order chi connectivity index (χ1) is 13.2. The number of hydrogen-bond acceptors (Lipinski definition) is 5. The van der Waals surface area contributed by atoms with Crippen LogP contribution in [0.5, 0.6) is 5.75 Å². The highest BCUT2D eigenvalue weighted by atomic mass is 16.5. The highest BCUT2D eigenvalue weighted by Gasteiger charge is 2.27. The number of aliphatic hydroxyl groups excluding tert-OH is 1. The van der Waals surface area contributed by atoms with Crippen LogP contribution < -0.4 is 4.74 Å². The molecule has 0 aliphatic carbocycles. The van der Waals surface area contributed by atoms with Crippen LogP contribution in [0.2, 0.25) is 0 Å². The average molecular weight is 370 g/mol. The van der Waals surface area contributed by atoms with E-state index in [2.05, 4.69) is 28.5 Å². The molecule has 0 amide bonds. The number of aryl methyl sites for hydroxylation is 1. The lowest BCUT2D eigenvalue weighted by Gasteiger charge is -2.41. The minimum atomic E-state index is 0.200. The molecule has 2 aromatic rings. The van der Waals surface area contributed by atoms with E-state index in [-0.39, 0.29) is 6.61 Å². The molecule has 1 aromatic carbocycles. The van der Waals surface area contributed by atoms with E-state index < -0.39 is 0 Å². The zero-order chi connectivity index (χ0) is 19.1. The fourth-order valence-electron chi connectivity index (χ4n) is 3.67. The molecule has 1 atom stereocenters. The topological polar surface area (TPSA) is 49.1 Å². The molecule has 5 heteroatoms. The number of aliphatic hydroxyl groups is 1. The predicted molar refractivity (Wildman–Crippen MR) is 107 cm³/mol. The van der Waals surface area contributed by atoms with Crippen LogP contribution >= 0.6 is 0 Å². The number of piperazine rings is 1. The Bertz CT molecular complexity index is 728. The Morgan fingerprint density at radius 2 is 2.07 bits per heavy atom. The molecule has 1 aliphatic heterocycles. The average Bonchev–Trinajstić information content (AvgIpc) is 3.08. The molecule has 0 unspecified atom stereocenters. The number of hydrogen-bond donors (Lipinski definition) is 1. The number of para-hydroxylation sites is 1. The molecule has 1 N–H and O–H groups in total. The van der Waals surface area contributed by atoms with Crippen LogP contribution in [-0.4, -0.2) is 53.8 Å². The third kappa shape index (κ3) is 5.45. The third-order valence-corrected chi connectivity index (χ3v) is 5.03. The van der Waals surface area contributed by atoms with E-state index in [0.29, 0.717) is 12.6 Å². The molecule has 3 rings (SSSR count). The van der Waals surface area contributed by atoms with Crippen molar-refractivity contribution in [3.05, 3.63) is 66.1 Å². The van der Waals surface area contributed by atoms with Crippen LogP contribution in [0.1, 0.15) is 23.5 Å². The molecular formula is C22H30N2O3. The maximum atomic E-state index is 9.53. The van der Waals surface area contributed by atoms with Gasteiger partial charge in [0, 0.05) is 44.4 Å². The van der Waals surface area contributed by atoms with Crippen molar-refractivity contribution in [1.29, 1.82) is 0 Å². The highest BCUT2D eigenvalue weighted by molar-refractivity contribution is 5.33. The normalized spacial score (nSPS) is 18.5. The molecule has 5 nitrogen and oxygen atoms in total. The Labute approximate surface area is 161 Å². The van der Waals surface area contributed by atoms with Crippen LogP contribution in [0.4, 0.5) is 0 Å². The summed E-state index contributed by atoms with van der Waals surface area (Å²) in [7, 11) is 0. The Morgan fingerprint density at radius 1 is 1.22 bits per heavy atom. The van der Waals surface area contributed by atoms with E-state index in [4.69, 9.17) is 9.15 Å². The summed E-state index contributed by atoms with van der Waals surface area (Å²) in [6.07, 6.45) is 2.54. The van der Waals surface area contributed by atoms with Gasteiger partial charge < -0.3 is 14.3 Å². The van der Waals surface area contributed by atoms with Gasteiger partial charge >= 0.3 is 0 Å². The number of benzene rings is 1. The van der Waals surface area contributed by atoms with E-state index in [9.17, 15) is 5.11 Å². The van der Waals surface area contributed by atoms with E-state index in [0.717, 1.165) is 56.4 Å². The van der Waals surface area contributed by atoms with Crippen LogP contribution in [-0.2, 0) is 13.1 Å². The van der Waals surface area contributed by atoms with Crippen molar-refractivity contribution in [3.8, 4) is 5.75 Å². The molecule has 0 radical (unpaired) electrons. The first-order valence-electron chi connectivity index (χ1n) is 9.63. The van der Waals surface area contributed by atoms with Crippen molar-refractivity contribution in [2.24, 2.45) is 0 Å². The molecule has 146 valence electrons. The lowest BCUT2D eigenvalue weighted by atomic mass is 10.1. The van der Waals surface area contributed by atoms with Crippen molar-refractivity contribution >= 4 is 0 Å². The van der Waals surface area contributed by atoms with Gasteiger partial charge in [0.05, 0.1) is 6.54 Å². The first-order valence-corrected chi connectivity index (χ1v) is 9.63. The number of furan rings is 1. The van der Waals surface area contributed by atoms with Crippen molar-refractivity contribution in [2.75, 3.05) is 32.8 Å². The van der Waals surface area contributed by atoms with E-state index in [1.54, 1.807) is 6.08 Å². The molecule has 27 heavy (non-hydrogen) atoms. The minimum Gasteiger partial charge on any atom is -0.489 e. The predicted octanol–water partition coefficient (Wildman–Crippen LogP) is 3.22. The molecule has 0 saturated carbocycles. The summed E-state index contributed by atoms with van der Waals surface area (Å²) in [5.74, 6) is 2.86. The maximum Gasteiger partial charge on any atom is 0.124 e. The number of ether oxygens (including phenoxy) is 1. The second-order valence-electron chi connectivity index (χ2n) is 7.09. The third-order valence-electron chi connectivity index (χ3n) is 5.03. The maximum absolute atomic E-state index is 9.53. The Kier molecular flexibility index (Phi) is 7.10. The second-order valence-corrected chi connectivity index (χ2v) is 7.09. The van der Waals surface area contributed by atoms with Gasteiger partial charge in [0.1, 0.15) is 23.9 Å². The van der Waals surface area contributed by atoms with Crippen LogP contribution in [0.3, 0.4) is 0 Å². The Morgan fingerprint density at radius 3 is 2.81 bits per heavy atom. The van der Waals surface area contributed by atoms with E-state index in [1.165, 1.54) is 5.56 Å². The summed E-state index contributed by atoms with van der Waals surface area (Å²) in [6.45, 7) is 10.9. The fourth-order valence-corrected chi connectivity index (χ4v) is 3.67. The van der Waals surface area contributed by atoms with Crippen LogP contribution in [0.25, 0.3) is 0 Å². The van der Waals surface area contributed by atoms with Crippen molar-refractivity contribution < 1.29 is 14.3 Å². The minimum absolute atomic E-state index is 0.200. The van der Waals surface area contributed by atoms with E-state index >= 15 is 0 Å². The van der Waals surface area contributed by atoms with Gasteiger partial charge in [-0.15, -0.1) is 0 Å². The zero-order valence-corrected chi connectivity index (χ0v) is 16.1. The van der Waals surface area contributed by atoms with Gasteiger partial charge in [-0.05, 0) is 31.5 Å². The molecule has 1 saturated heterocycles. The summed E-state index contributed by atoms with van der Waals surface area (Å²) in [6, 6.07) is 12.6. The molecule has 1 aliphatic rings.